The summed E-state index contributed by atoms with van der Waals surface area (Å²) in [6, 6.07) is 22.0. The Morgan fingerprint density at radius 3 is 2.23 bits per heavy atom. The fourth-order valence-corrected chi connectivity index (χ4v) is 2.61. The average Bonchev–Trinajstić information content (AvgIpc) is 2.78. The van der Waals surface area contributed by atoms with Crippen molar-refractivity contribution in [3.05, 3.63) is 95.6 Å². The molecular weight excluding hydrogens is 382 g/mol. The first kappa shape index (κ1) is 20.8. The third-order valence-corrected chi connectivity index (χ3v) is 4.21. The number of ether oxygens (including phenoxy) is 2. The third kappa shape index (κ3) is 5.78. The molecule has 0 aliphatic rings. The number of anilines is 1. The fourth-order valence-electron chi connectivity index (χ4n) is 2.61. The molecule has 0 fully saturated rings. The molecule has 0 radical (unpaired) electrons. The molecule has 3 aromatic carbocycles. The van der Waals surface area contributed by atoms with Crippen LogP contribution in [0.25, 0.3) is 0 Å². The first-order chi connectivity index (χ1) is 14.5. The molecule has 1 N–H and O–H groups in total. The van der Waals surface area contributed by atoms with E-state index in [9.17, 15) is 14.4 Å². The molecule has 0 saturated heterocycles. The number of esters is 2. The van der Waals surface area contributed by atoms with E-state index in [1.165, 1.54) is 0 Å². The van der Waals surface area contributed by atoms with Crippen LogP contribution in [0.2, 0.25) is 0 Å². The van der Waals surface area contributed by atoms with Gasteiger partial charge in [-0.2, -0.15) is 0 Å². The van der Waals surface area contributed by atoms with Crippen molar-refractivity contribution in [3.8, 4) is 5.75 Å². The second-order valence-electron chi connectivity index (χ2n) is 6.46. The van der Waals surface area contributed by atoms with Gasteiger partial charge in [0.1, 0.15) is 12.4 Å². The zero-order valence-corrected chi connectivity index (χ0v) is 16.5. The molecule has 3 rings (SSSR count). The van der Waals surface area contributed by atoms with Crippen LogP contribution in [0.4, 0.5) is 5.69 Å². The summed E-state index contributed by atoms with van der Waals surface area (Å²) < 4.78 is 10.7. The van der Waals surface area contributed by atoms with E-state index in [4.69, 9.17) is 9.47 Å². The molecule has 0 spiro atoms. The second kappa shape index (κ2) is 10.0. The zero-order chi connectivity index (χ0) is 21.3. The molecule has 6 nitrogen and oxygen atoms in total. The number of benzene rings is 3. The Hall–Kier alpha value is -3.93. The van der Waals surface area contributed by atoms with Crippen LogP contribution in [0.15, 0.2) is 78.9 Å². The van der Waals surface area contributed by atoms with Gasteiger partial charge in [0.15, 0.2) is 0 Å². The van der Waals surface area contributed by atoms with Gasteiger partial charge in [0.25, 0.3) is 0 Å². The van der Waals surface area contributed by atoms with Crippen molar-refractivity contribution in [1.29, 1.82) is 0 Å². The molecule has 6 heteroatoms. The van der Waals surface area contributed by atoms with E-state index in [2.05, 4.69) is 5.32 Å². The third-order valence-electron chi connectivity index (χ3n) is 4.21. The number of hydrogen-bond donors (Lipinski definition) is 1. The lowest BCUT2D eigenvalue weighted by Gasteiger charge is -2.08. The number of hydrogen-bond acceptors (Lipinski definition) is 5. The van der Waals surface area contributed by atoms with Crippen molar-refractivity contribution in [1.82, 2.24) is 0 Å². The van der Waals surface area contributed by atoms with Gasteiger partial charge in [-0.25, -0.2) is 9.59 Å². The number of carbonyl (C=O) groups excluding carboxylic acids is 3. The number of nitrogens with one attached hydrogen (secondary N) is 1. The van der Waals surface area contributed by atoms with E-state index in [-0.39, 0.29) is 12.5 Å². The summed E-state index contributed by atoms with van der Waals surface area (Å²) in [6.45, 7) is 1.77. The van der Waals surface area contributed by atoms with Gasteiger partial charge in [0.05, 0.1) is 11.1 Å². The molecule has 0 bridgehead atoms. The van der Waals surface area contributed by atoms with Crippen LogP contribution in [0, 0.1) is 0 Å². The van der Waals surface area contributed by atoms with Crippen LogP contribution in [0.3, 0.4) is 0 Å². The molecule has 30 heavy (non-hydrogen) atoms. The van der Waals surface area contributed by atoms with E-state index >= 15 is 0 Å². The number of rotatable bonds is 7. The maximum Gasteiger partial charge on any atom is 0.343 e. The van der Waals surface area contributed by atoms with Crippen molar-refractivity contribution in [2.45, 2.75) is 20.0 Å². The highest BCUT2D eigenvalue weighted by atomic mass is 16.5. The Morgan fingerprint density at radius 1 is 0.800 bits per heavy atom. The Kier molecular flexibility index (Phi) is 6.95. The Bertz CT molecular complexity index is 1030. The molecule has 0 aliphatic heterocycles. The van der Waals surface area contributed by atoms with E-state index in [0.29, 0.717) is 34.5 Å². The highest BCUT2D eigenvalue weighted by Crippen LogP contribution is 2.15. The molecule has 152 valence electrons. The number of carbonyl (C=O) groups is 3. The molecule has 0 saturated carbocycles. The minimum atomic E-state index is -0.499. The summed E-state index contributed by atoms with van der Waals surface area (Å²) in [4.78, 5) is 36.0. The van der Waals surface area contributed by atoms with Crippen molar-refractivity contribution in [2.75, 3.05) is 5.32 Å². The van der Waals surface area contributed by atoms with Gasteiger partial charge in [-0.1, -0.05) is 37.3 Å². The van der Waals surface area contributed by atoms with Crippen LogP contribution in [0.1, 0.15) is 39.6 Å². The summed E-state index contributed by atoms with van der Waals surface area (Å²) in [5.74, 6) is -0.631. The first-order valence-electron chi connectivity index (χ1n) is 9.48. The Labute approximate surface area is 174 Å². The SMILES string of the molecule is CCC(=O)Nc1ccc(C(=O)OCc2cccc(C(=O)Oc3ccccc3)c2)cc1. The van der Waals surface area contributed by atoms with Crippen molar-refractivity contribution in [2.24, 2.45) is 0 Å². The topological polar surface area (TPSA) is 81.7 Å². The lowest BCUT2D eigenvalue weighted by Crippen LogP contribution is -2.10. The standard InChI is InChI=1S/C24H21NO5/c1-2-22(26)25-20-13-11-18(12-14-20)23(27)29-16-17-7-6-8-19(15-17)24(28)30-21-9-4-3-5-10-21/h3-15H,2,16H2,1H3,(H,25,26). The summed E-state index contributed by atoms with van der Waals surface area (Å²) >= 11 is 0. The first-order valence-corrected chi connectivity index (χ1v) is 9.48. The molecule has 0 atom stereocenters. The Morgan fingerprint density at radius 2 is 1.53 bits per heavy atom. The van der Waals surface area contributed by atoms with Gasteiger partial charge in [0.2, 0.25) is 5.91 Å². The van der Waals surface area contributed by atoms with Crippen molar-refractivity contribution in [3.63, 3.8) is 0 Å². The summed E-state index contributed by atoms with van der Waals surface area (Å²) in [6.07, 6.45) is 0.377. The summed E-state index contributed by atoms with van der Waals surface area (Å²) in [5.41, 5.74) is 2.01. The molecule has 0 unspecified atom stereocenters. The van der Waals surface area contributed by atoms with E-state index in [1.54, 1.807) is 79.7 Å². The van der Waals surface area contributed by atoms with Crippen LogP contribution in [-0.2, 0) is 16.1 Å². The van der Waals surface area contributed by atoms with Gasteiger partial charge in [0, 0.05) is 12.1 Å². The second-order valence-corrected chi connectivity index (χ2v) is 6.46. The minimum absolute atomic E-state index is 0.0135. The van der Waals surface area contributed by atoms with Crippen LogP contribution < -0.4 is 10.1 Å². The molecular formula is C24H21NO5. The van der Waals surface area contributed by atoms with Crippen LogP contribution >= 0.6 is 0 Å². The van der Waals surface area contributed by atoms with E-state index in [0.717, 1.165) is 0 Å². The van der Waals surface area contributed by atoms with Crippen molar-refractivity contribution >= 4 is 23.5 Å². The number of amides is 1. The average molecular weight is 403 g/mol. The van der Waals surface area contributed by atoms with Crippen LogP contribution in [-0.4, -0.2) is 17.8 Å². The predicted molar refractivity (Wildman–Crippen MR) is 112 cm³/mol. The minimum Gasteiger partial charge on any atom is -0.457 e. The number of para-hydroxylation sites is 1. The van der Waals surface area contributed by atoms with Gasteiger partial charge in [-0.3, -0.25) is 4.79 Å². The lowest BCUT2D eigenvalue weighted by molar-refractivity contribution is -0.115. The molecule has 0 heterocycles. The molecule has 1 amide bonds. The smallest absolute Gasteiger partial charge is 0.343 e. The molecule has 0 aromatic heterocycles. The van der Waals surface area contributed by atoms with E-state index in [1.807, 2.05) is 6.07 Å². The highest BCUT2D eigenvalue weighted by molar-refractivity contribution is 5.93. The lowest BCUT2D eigenvalue weighted by atomic mass is 10.1. The zero-order valence-electron chi connectivity index (χ0n) is 16.5. The molecule has 0 aliphatic carbocycles. The maximum atomic E-state index is 12.3. The quantitative estimate of drug-likeness (QED) is 0.460. The van der Waals surface area contributed by atoms with E-state index < -0.39 is 11.9 Å². The van der Waals surface area contributed by atoms with Gasteiger partial charge in [-0.15, -0.1) is 0 Å². The summed E-state index contributed by atoms with van der Waals surface area (Å²) in [5, 5.41) is 2.71. The summed E-state index contributed by atoms with van der Waals surface area (Å²) in [7, 11) is 0. The van der Waals surface area contributed by atoms with Gasteiger partial charge >= 0.3 is 11.9 Å². The van der Waals surface area contributed by atoms with Gasteiger partial charge < -0.3 is 14.8 Å². The van der Waals surface area contributed by atoms with Gasteiger partial charge in [-0.05, 0) is 54.1 Å². The maximum absolute atomic E-state index is 12.3. The van der Waals surface area contributed by atoms with Crippen molar-refractivity contribution < 1.29 is 23.9 Å². The predicted octanol–water partition coefficient (Wildman–Crippen LogP) is 4.61. The molecule has 3 aromatic rings. The highest BCUT2D eigenvalue weighted by Gasteiger charge is 2.11. The largest absolute Gasteiger partial charge is 0.457 e. The normalized spacial score (nSPS) is 10.2. The monoisotopic (exact) mass is 403 g/mol. The Balaban J connectivity index is 1.58. The fraction of sp³-hybridized carbons (Fsp3) is 0.125. The van der Waals surface area contributed by atoms with Crippen LogP contribution in [0.5, 0.6) is 5.75 Å².